The van der Waals surface area contributed by atoms with Crippen LogP contribution in [0.4, 0.5) is 8.78 Å². The molecule has 0 saturated carbocycles. The number of carbonyl (C=O) groups excluding carboxylic acids is 3. The number of pyridine rings is 1. The lowest BCUT2D eigenvalue weighted by atomic mass is 9.96. The Balaban J connectivity index is 0.000000243. The molecule has 0 bridgehead atoms. The number of halogens is 2. The van der Waals surface area contributed by atoms with E-state index >= 15 is 0 Å². The van der Waals surface area contributed by atoms with Gasteiger partial charge in [-0.3, -0.25) is 19.4 Å². The van der Waals surface area contributed by atoms with Gasteiger partial charge in [0, 0.05) is 55.2 Å². The Morgan fingerprint density at radius 2 is 1.73 bits per heavy atom. The zero-order valence-electron chi connectivity index (χ0n) is 25.2. The molecule has 1 unspecified atom stereocenters. The van der Waals surface area contributed by atoms with Crippen LogP contribution in [0.1, 0.15) is 42.1 Å². The molecule has 0 spiro atoms. The predicted molar refractivity (Wildman–Crippen MR) is 166 cm³/mol. The van der Waals surface area contributed by atoms with E-state index in [0.717, 1.165) is 65.3 Å². The molecule has 1 atom stereocenters. The van der Waals surface area contributed by atoms with Crippen molar-refractivity contribution >= 4 is 29.6 Å². The second kappa shape index (κ2) is 17.5. The number of nitrogens with one attached hydrogen (secondary N) is 3. The highest BCUT2D eigenvalue weighted by molar-refractivity contribution is 5.80. The average molecular weight is 608 g/mol. The molecule has 5 rings (SSSR count). The third-order valence-electron chi connectivity index (χ3n) is 7.21. The number of H-pyrrole nitrogens is 1. The van der Waals surface area contributed by atoms with Crippen molar-refractivity contribution in [2.45, 2.75) is 58.9 Å². The molecule has 1 aliphatic rings. The average Bonchev–Trinajstić information content (AvgIpc) is 3.66. The Morgan fingerprint density at radius 3 is 2.34 bits per heavy atom. The minimum atomic E-state index is -2.62. The number of amides is 3. The maximum absolute atomic E-state index is 12.7. The third kappa shape index (κ3) is 10.3. The van der Waals surface area contributed by atoms with E-state index in [-0.39, 0.29) is 5.91 Å². The summed E-state index contributed by atoms with van der Waals surface area (Å²) in [5.74, 6) is 0.172. The van der Waals surface area contributed by atoms with Gasteiger partial charge >= 0.3 is 6.61 Å². The fraction of sp³-hybridized carbons (Fsp3) is 0.333. The van der Waals surface area contributed by atoms with Gasteiger partial charge in [0.25, 0.3) is 0 Å². The number of rotatable bonds is 10. The fourth-order valence-electron chi connectivity index (χ4n) is 4.89. The summed E-state index contributed by atoms with van der Waals surface area (Å²) >= 11 is 0. The molecule has 9 nitrogen and oxygen atoms in total. The van der Waals surface area contributed by atoms with Crippen LogP contribution in [0.5, 0.6) is 0 Å². The maximum Gasteiger partial charge on any atom is 0.345 e. The molecule has 44 heavy (non-hydrogen) atoms. The number of nitrogens with zero attached hydrogens (tertiary/aromatic N) is 2. The molecule has 3 amide bonds. The van der Waals surface area contributed by atoms with Gasteiger partial charge in [0.15, 0.2) is 0 Å². The summed E-state index contributed by atoms with van der Waals surface area (Å²) in [6.45, 7) is 3.37. The van der Waals surface area contributed by atoms with E-state index in [9.17, 15) is 23.2 Å². The normalized spacial score (nSPS) is 13.9. The van der Waals surface area contributed by atoms with Gasteiger partial charge in [-0.15, -0.1) is 0 Å². The summed E-state index contributed by atoms with van der Waals surface area (Å²) in [5, 5.41) is 6.39. The van der Waals surface area contributed by atoms with Gasteiger partial charge in [0.2, 0.25) is 18.7 Å². The van der Waals surface area contributed by atoms with Gasteiger partial charge in [-0.25, -0.2) is 0 Å². The quantitative estimate of drug-likeness (QED) is 0.216. The van der Waals surface area contributed by atoms with E-state index in [1.807, 2.05) is 23.1 Å². The number of methoxy groups -OCH3 is 1. The van der Waals surface area contributed by atoms with Crippen molar-refractivity contribution in [2.75, 3.05) is 13.7 Å². The first-order valence-electron chi connectivity index (χ1n) is 14.3. The number of ether oxygens (including phenoxy) is 1. The number of hydrogen-bond donors (Lipinski definition) is 3. The number of aromatic nitrogens is 2. The number of hydrogen-bond acceptors (Lipinski definition) is 5. The van der Waals surface area contributed by atoms with E-state index < -0.39 is 6.61 Å². The molecule has 1 fully saturated rings. The van der Waals surface area contributed by atoms with Crippen molar-refractivity contribution < 1.29 is 27.9 Å². The van der Waals surface area contributed by atoms with Gasteiger partial charge < -0.3 is 25.3 Å². The summed E-state index contributed by atoms with van der Waals surface area (Å²) in [7, 11) is 0.949. The number of aryl methyl sites for hydroxylation is 1. The van der Waals surface area contributed by atoms with E-state index in [1.165, 1.54) is 5.56 Å². The molecule has 0 radical (unpaired) electrons. The van der Waals surface area contributed by atoms with Gasteiger partial charge in [0.1, 0.15) is 0 Å². The fourth-order valence-corrected chi connectivity index (χ4v) is 4.89. The van der Waals surface area contributed by atoms with Crippen LogP contribution in [0.2, 0.25) is 0 Å². The summed E-state index contributed by atoms with van der Waals surface area (Å²) in [6.07, 6.45) is 7.45. The van der Waals surface area contributed by atoms with Gasteiger partial charge in [0.05, 0.1) is 13.0 Å². The van der Waals surface area contributed by atoms with Crippen molar-refractivity contribution in [3.05, 3.63) is 89.4 Å². The van der Waals surface area contributed by atoms with Crippen LogP contribution in [-0.4, -0.2) is 59.9 Å². The molecule has 2 aromatic heterocycles. The first-order chi connectivity index (χ1) is 21.2. The molecule has 0 aliphatic carbocycles. The lowest BCUT2D eigenvalue weighted by molar-refractivity contribution is -0.131. The molecule has 4 aromatic rings. The smallest absolute Gasteiger partial charge is 0.345 e. The van der Waals surface area contributed by atoms with Crippen LogP contribution in [0.15, 0.2) is 67.0 Å². The Labute approximate surface area is 256 Å². The SMILES string of the molecule is COC(F)F.Cc1ccc(-c2ccc(CC(=O)N3CCCC3C)c(CNC=O)c2)cc1.O=CNCc1cc2cnccc2[nH]1. The zero-order chi connectivity index (χ0) is 31.9. The minimum Gasteiger partial charge on any atom is -0.357 e. The number of benzene rings is 2. The number of likely N-dealkylation sites (tertiary alicyclic amines) is 1. The molecule has 3 heterocycles. The zero-order valence-corrected chi connectivity index (χ0v) is 25.2. The van der Waals surface area contributed by atoms with Crippen LogP contribution in [-0.2, 0) is 38.6 Å². The second-order valence-electron chi connectivity index (χ2n) is 10.4. The van der Waals surface area contributed by atoms with Crippen molar-refractivity contribution in [1.29, 1.82) is 0 Å². The second-order valence-corrected chi connectivity index (χ2v) is 10.4. The maximum atomic E-state index is 12.7. The summed E-state index contributed by atoms with van der Waals surface area (Å²) in [6, 6.07) is 18.7. The van der Waals surface area contributed by atoms with Crippen molar-refractivity contribution in [3.63, 3.8) is 0 Å². The third-order valence-corrected chi connectivity index (χ3v) is 7.21. The molecular weight excluding hydrogens is 568 g/mol. The first-order valence-corrected chi connectivity index (χ1v) is 14.3. The topological polar surface area (TPSA) is 116 Å². The monoisotopic (exact) mass is 607 g/mol. The number of carbonyl (C=O) groups is 3. The highest BCUT2D eigenvalue weighted by Crippen LogP contribution is 2.25. The van der Waals surface area contributed by atoms with Crippen molar-refractivity contribution in [3.8, 4) is 11.1 Å². The Bertz CT molecular complexity index is 1460. The van der Waals surface area contributed by atoms with E-state index in [0.29, 0.717) is 38.4 Å². The Kier molecular flexibility index (Phi) is 13.4. The lowest BCUT2D eigenvalue weighted by Crippen LogP contribution is -2.35. The molecule has 1 saturated heterocycles. The summed E-state index contributed by atoms with van der Waals surface area (Å²) < 4.78 is 24.5. The summed E-state index contributed by atoms with van der Waals surface area (Å²) in [4.78, 5) is 42.6. The molecule has 3 N–H and O–H groups in total. The lowest BCUT2D eigenvalue weighted by Gasteiger charge is -2.22. The van der Waals surface area contributed by atoms with Crippen LogP contribution >= 0.6 is 0 Å². The predicted octanol–water partition coefficient (Wildman–Crippen LogP) is 5.13. The van der Waals surface area contributed by atoms with Crippen molar-refractivity contribution in [1.82, 2.24) is 25.5 Å². The number of alkyl halides is 2. The first kappa shape index (κ1) is 33.9. The Hall–Kier alpha value is -4.64. The standard InChI is InChI=1S/C22H26N2O2.C9H9N3O.C2H4F2O/c1-16-5-7-18(8-6-16)19-9-10-20(21(12-19)14-23-15-25)13-22(26)24-11-3-4-17(24)2;13-6-11-5-8-3-7-4-10-2-1-9(7)12-8;1-5-2(3)4/h5-10,12,15,17H,3-4,11,13-14H2,1-2H3,(H,23,25);1-4,6,12H,5H2,(H,11,13);2H,1H3. The summed E-state index contributed by atoms with van der Waals surface area (Å²) in [5.41, 5.74) is 7.45. The van der Waals surface area contributed by atoms with Gasteiger partial charge in [-0.2, -0.15) is 8.78 Å². The highest BCUT2D eigenvalue weighted by atomic mass is 19.3. The van der Waals surface area contributed by atoms with Crippen LogP contribution in [0.3, 0.4) is 0 Å². The largest absolute Gasteiger partial charge is 0.357 e. The highest BCUT2D eigenvalue weighted by Gasteiger charge is 2.25. The number of aromatic amines is 1. The minimum absolute atomic E-state index is 0.172. The van der Waals surface area contributed by atoms with E-state index in [1.54, 1.807) is 12.4 Å². The van der Waals surface area contributed by atoms with Gasteiger partial charge in [-0.1, -0.05) is 42.0 Å². The van der Waals surface area contributed by atoms with Crippen LogP contribution in [0.25, 0.3) is 22.0 Å². The van der Waals surface area contributed by atoms with Gasteiger partial charge in [-0.05, 0) is 67.1 Å². The van der Waals surface area contributed by atoms with E-state index in [2.05, 4.69) is 75.6 Å². The molecule has 2 aromatic carbocycles. The van der Waals surface area contributed by atoms with Crippen molar-refractivity contribution in [2.24, 2.45) is 0 Å². The van der Waals surface area contributed by atoms with Crippen LogP contribution in [0, 0.1) is 6.92 Å². The molecule has 1 aliphatic heterocycles. The molecular formula is C33H39F2N5O4. The van der Waals surface area contributed by atoms with E-state index in [4.69, 9.17) is 0 Å². The number of fused-ring (bicyclic) bond motifs is 1. The molecule has 234 valence electrons. The molecule has 11 heteroatoms. The van der Waals surface area contributed by atoms with Crippen LogP contribution < -0.4 is 10.6 Å². The Morgan fingerprint density at radius 1 is 1.05 bits per heavy atom.